The fourth-order valence-electron chi connectivity index (χ4n) is 2.30. The van der Waals surface area contributed by atoms with Crippen LogP contribution in [0.1, 0.15) is 51.9 Å². The molecule has 1 aliphatic heterocycles. The number of carbonyl (C=O) groups is 1. The van der Waals surface area contributed by atoms with E-state index in [1.807, 2.05) is 36.5 Å². The first-order valence-corrected chi connectivity index (χ1v) is 8.82. The first kappa shape index (κ1) is 20.4. The van der Waals surface area contributed by atoms with Gasteiger partial charge < -0.3 is 14.9 Å². The summed E-state index contributed by atoms with van der Waals surface area (Å²) in [6.07, 6.45) is 21.2. The molecule has 1 fully saturated rings. The normalized spacial score (nSPS) is 22.2. The predicted octanol–water partition coefficient (Wildman–Crippen LogP) is 4.17. The molecule has 0 aliphatic carbocycles. The molecule has 1 aliphatic rings. The summed E-state index contributed by atoms with van der Waals surface area (Å²) in [5.74, 6) is -0.743. The van der Waals surface area contributed by atoms with E-state index >= 15 is 0 Å². The van der Waals surface area contributed by atoms with Crippen molar-refractivity contribution in [1.29, 1.82) is 0 Å². The first-order chi connectivity index (χ1) is 11.6. The van der Waals surface area contributed by atoms with Crippen LogP contribution in [0.3, 0.4) is 0 Å². The van der Waals surface area contributed by atoms with Crippen LogP contribution in [0.2, 0.25) is 0 Å². The maximum Gasteiger partial charge on any atom is 0.303 e. The maximum absolute atomic E-state index is 10.3. The summed E-state index contributed by atoms with van der Waals surface area (Å²) < 4.78 is 5.45. The summed E-state index contributed by atoms with van der Waals surface area (Å²) in [4.78, 5) is 10.3. The molecule has 0 aromatic heterocycles. The smallest absolute Gasteiger partial charge is 0.303 e. The number of unbranched alkanes of at least 4 members (excludes halogenated alkanes) is 1. The summed E-state index contributed by atoms with van der Waals surface area (Å²) >= 11 is 0. The lowest BCUT2D eigenvalue weighted by molar-refractivity contribution is -0.137. The second kappa shape index (κ2) is 12.7. The molecule has 24 heavy (non-hydrogen) atoms. The van der Waals surface area contributed by atoms with E-state index in [1.165, 1.54) is 0 Å². The molecule has 0 saturated carbocycles. The van der Waals surface area contributed by atoms with Gasteiger partial charge >= 0.3 is 5.97 Å². The Labute approximate surface area is 145 Å². The van der Waals surface area contributed by atoms with Gasteiger partial charge in [-0.2, -0.15) is 0 Å². The van der Waals surface area contributed by atoms with Gasteiger partial charge in [0.2, 0.25) is 0 Å². The van der Waals surface area contributed by atoms with Crippen molar-refractivity contribution in [2.45, 2.75) is 70.2 Å². The van der Waals surface area contributed by atoms with Crippen molar-refractivity contribution in [1.82, 2.24) is 0 Å². The molecular weight excluding hydrogens is 304 g/mol. The Balaban J connectivity index is 2.01. The number of allylic oxidation sites excluding steroid dienone is 5. The topological polar surface area (TPSA) is 70.1 Å². The van der Waals surface area contributed by atoms with Gasteiger partial charge in [-0.25, -0.2) is 0 Å². The lowest BCUT2D eigenvalue weighted by atomic mass is 10.1. The number of epoxide rings is 1. The summed E-state index contributed by atoms with van der Waals surface area (Å²) in [6, 6.07) is 0. The Morgan fingerprint density at radius 1 is 1.12 bits per heavy atom. The average molecular weight is 334 g/mol. The second-order valence-electron chi connectivity index (χ2n) is 5.94. The predicted molar refractivity (Wildman–Crippen MR) is 96.9 cm³/mol. The summed E-state index contributed by atoms with van der Waals surface area (Å²) in [5.41, 5.74) is 0. The molecule has 3 unspecified atom stereocenters. The van der Waals surface area contributed by atoms with E-state index in [9.17, 15) is 9.90 Å². The maximum atomic E-state index is 10.3. The highest BCUT2D eigenvalue weighted by Gasteiger charge is 2.35. The minimum Gasteiger partial charge on any atom is -0.481 e. The van der Waals surface area contributed by atoms with Crippen molar-refractivity contribution in [2.24, 2.45) is 0 Å². The van der Waals surface area contributed by atoms with Crippen molar-refractivity contribution < 1.29 is 19.7 Å². The number of aliphatic carboxylic acids is 1. The van der Waals surface area contributed by atoms with E-state index < -0.39 is 12.1 Å². The molecule has 1 saturated heterocycles. The highest BCUT2D eigenvalue weighted by Crippen LogP contribution is 2.28. The molecule has 0 spiro atoms. The van der Waals surface area contributed by atoms with Gasteiger partial charge in [0.25, 0.3) is 0 Å². The van der Waals surface area contributed by atoms with Gasteiger partial charge in [-0.1, -0.05) is 55.5 Å². The van der Waals surface area contributed by atoms with E-state index in [2.05, 4.69) is 13.0 Å². The molecule has 134 valence electrons. The van der Waals surface area contributed by atoms with Gasteiger partial charge in [-0.05, 0) is 38.5 Å². The summed E-state index contributed by atoms with van der Waals surface area (Å²) in [7, 11) is 0. The molecule has 1 heterocycles. The van der Waals surface area contributed by atoms with Crippen LogP contribution in [-0.2, 0) is 9.53 Å². The Kier molecular flexibility index (Phi) is 10.8. The number of aliphatic hydroxyl groups is 1. The number of rotatable bonds is 13. The zero-order valence-corrected chi connectivity index (χ0v) is 14.5. The van der Waals surface area contributed by atoms with Crippen LogP contribution >= 0.6 is 0 Å². The molecular formula is C20H30O4. The number of carboxylic acids is 1. The quantitative estimate of drug-likeness (QED) is 0.229. The van der Waals surface area contributed by atoms with E-state index in [0.29, 0.717) is 25.0 Å². The van der Waals surface area contributed by atoms with Crippen molar-refractivity contribution >= 4 is 5.97 Å². The summed E-state index contributed by atoms with van der Waals surface area (Å²) in [5, 5.41) is 18.3. The molecule has 0 radical (unpaired) electrons. The Hall–Kier alpha value is -1.65. The van der Waals surface area contributed by atoms with Gasteiger partial charge in [0, 0.05) is 6.42 Å². The molecule has 4 nitrogen and oxygen atoms in total. The Morgan fingerprint density at radius 2 is 1.96 bits per heavy atom. The van der Waals surface area contributed by atoms with Crippen LogP contribution in [-0.4, -0.2) is 34.5 Å². The fourth-order valence-corrected chi connectivity index (χ4v) is 2.30. The third-order valence-corrected chi connectivity index (χ3v) is 3.78. The van der Waals surface area contributed by atoms with Crippen LogP contribution in [0.4, 0.5) is 0 Å². The van der Waals surface area contributed by atoms with Crippen molar-refractivity contribution in [3.05, 3.63) is 48.6 Å². The van der Waals surface area contributed by atoms with Gasteiger partial charge in [0.1, 0.15) is 0 Å². The third-order valence-electron chi connectivity index (χ3n) is 3.78. The molecule has 2 N–H and O–H groups in total. The fraction of sp³-hybridized carbons (Fsp3) is 0.550. The van der Waals surface area contributed by atoms with Crippen molar-refractivity contribution in [3.63, 3.8) is 0 Å². The van der Waals surface area contributed by atoms with E-state index in [4.69, 9.17) is 9.84 Å². The molecule has 4 heteroatoms. The zero-order chi connectivity index (χ0) is 17.6. The standard InChI is InChI=1S/C20H30O4/c1-2-18-19(24-18)15-12-11-14-17(21)13-9-7-5-3-4-6-8-10-16-20(22)23/h4-7,9,11-13,17-19,21H,2-3,8,10,14-16H2,1H3,(H,22,23)/b6-4-,7-5-,12-11-,13-9+. The summed E-state index contributed by atoms with van der Waals surface area (Å²) in [6.45, 7) is 2.13. The van der Waals surface area contributed by atoms with Crippen LogP contribution < -0.4 is 0 Å². The molecule has 0 bridgehead atoms. The molecule has 0 amide bonds. The highest BCUT2D eigenvalue weighted by atomic mass is 16.6. The van der Waals surface area contributed by atoms with Crippen LogP contribution in [0.25, 0.3) is 0 Å². The van der Waals surface area contributed by atoms with E-state index in [0.717, 1.165) is 25.7 Å². The van der Waals surface area contributed by atoms with Crippen LogP contribution in [0, 0.1) is 0 Å². The minimum absolute atomic E-state index is 0.224. The number of ether oxygens (including phenoxy) is 1. The van der Waals surface area contributed by atoms with E-state index in [-0.39, 0.29) is 6.42 Å². The number of carboxylic acid groups (broad SMARTS) is 1. The van der Waals surface area contributed by atoms with Gasteiger partial charge in [-0.3, -0.25) is 4.79 Å². The SMILES string of the molecule is CCC1OC1C/C=C\CC(O)/C=C/C=C\C/C=C\CCCC(=O)O. The lowest BCUT2D eigenvalue weighted by Gasteiger charge is -1.98. The molecule has 1 rings (SSSR count). The highest BCUT2D eigenvalue weighted by molar-refractivity contribution is 5.66. The number of aliphatic hydroxyl groups excluding tert-OH is 1. The zero-order valence-electron chi connectivity index (χ0n) is 14.5. The Morgan fingerprint density at radius 3 is 2.67 bits per heavy atom. The molecule has 0 aromatic carbocycles. The van der Waals surface area contributed by atoms with Gasteiger partial charge in [0.05, 0.1) is 18.3 Å². The van der Waals surface area contributed by atoms with Crippen molar-refractivity contribution in [2.75, 3.05) is 0 Å². The van der Waals surface area contributed by atoms with Crippen LogP contribution in [0.5, 0.6) is 0 Å². The van der Waals surface area contributed by atoms with Crippen molar-refractivity contribution in [3.8, 4) is 0 Å². The van der Waals surface area contributed by atoms with Gasteiger partial charge in [0.15, 0.2) is 0 Å². The average Bonchev–Trinajstić information content (AvgIpc) is 3.31. The lowest BCUT2D eigenvalue weighted by Crippen LogP contribution is -1.99. The number of hydrogen-bond donors (Lipinski definition) is 2. The minimum atomic E-state index is -0.743. The Bertz CT molecular complexity index is 462. The van der Waals surface area contributed by atoms with Crippen LogP contribution in [0.15, 0.2) is 48.6 Å². The number of hydrogen-bond acceptors (Lipinski definition) is 3. The van der Waals surface area contributed by atoms with Gasteiger partial charge in [-0.15, -0.1) is 0 Å². The first-order valence-electron chi connectivity index (χ1n) is 8.82. The molecule has 3 atom stereocenters. The second-order valence-corrected chi connectivity index (χ2v) is 5.94. The molecule has 0 aromatic rings. The van der Waals surface area contributed by atoms with E-state index in [1.54, 1.807) is 6.08 Å². The largest absolute Gasteiger partial charge is 0.481 e. The monoisotopic (exact) mass is 334 g/mol. The third kappa shape index (κ3) is 11.0.